The average Bonchev–Trinajstić information content (AvgIpc) is 2.20. The summed E-state index contributed by atoms with van der Waals surface area (Å²) in [6.07, 6.45) is 2.30. The molecule has 0 aromatic heterocycles. The van der Waals surface area contributed by atoms with E-state index in [0.717, 1.165) is 17.1 Å². The second-order valence-corrected chi connectivity index (χ2v) is 5.26. The Morgan fingerprint density at radius 2 is 2.27 bits per heavy atom. The second kappa shape index (κ2) is 3.71. The van der Waals surface area contributed by atoms with E-state index in [4.69, 9.17) is 11.6 Å². The molecular weight excluding hydrogens is 206 g/mol. The van der Waals surface area contributed by atoms with Crippen LogP contribution in [0.2, 0.25) is 5.02 Å². The Morgan fingerprint density at radius 3 is 2.93 bits per heavy atom. The van der Waals surface area contributed by atoms with Crippen molar-refractivity contribution >= 4 is 17.3 Å². The van der Waals surface area contributed by atoms with Gasteiger partial charge < -0.3 is 5.32 Å². The van der Waals surface area contributed by atoms with Gasteiger partial charge in [0.05, 0.1) is 10.7 Å². The first-order valence-electron chi connectivity index (χ1n) is 5.62. The summed E-state index contributed by atoms with van der Waals surface area (Å²) < 4.78 is 0. The molecule has 1 heterocycles. The van der Waals surface area contributed by atoms with E-state index in [0.29, 0.717) is 5.92 Å². The smallest absolute Gasteiger partial charge is 0.0640 e. The number of anilines is 1. The van der Waals surface area contributed by atoms with Crippen LogP contribution in [0.5, 0.6) is 0 Å². The highest BCUT2D eigenvalue weighted by atomic mass is 35.5. The van der Waals surface area contributed by atoms with E-state index < -0.39 is 0 Å². The monoisotopic (exact) mass is 223 g/mol. The van der Waals surface area contributed by atoms with Crippen LogP contribution in [-0.2, 0) is 0 Å². The lowest BCUT2D eigenvalue weighted by atomic mass is 9.79. The molecular formula is C13H18ClN. The first-order valence-corrected chi connectivity index (χ1v) is 6.00. The lowest BCUT2D eigenvalue weighted by Crippen LogP contribution is -2.39. The van der Waals surface area contributed by atoms with Gasteiger partial charge in [0.2, 0.25) is 0 Å². The topological polar surface area (TPSA) is 12.0 Å². The molecule has 82 valence electrons. The Balaban J connectivity index is 2.46. The Labute approximate surface area is 96.8 Å². The van der Waals surface area contributed by atoms with Crippen LogP contribution < -0.4 is 5.32 Å². The van der Waals surface area contributed by atoms with Crippen molar-refractivity contribution in [2.24, 2.45) is 0 Å². The minimum atomic E-state index is 0.192. The molecule has 0 spiro atoms. The van der Waals surface area contributed by atoms with Gasteiger partial charge >= 0.3 is 0 Å². The highest BCUT2D eigenvalue weighted by Gasteiger charge is 2.32. The Bertz CT molecular complexity index is 375. The second-order valence-electron chi connectivity index (χ2n) is 4.85. The number of halogens is 1. The van der Waals surface area contributed by atoms with Gasteiger partial charge in [0, 0.05) is 5.54 Å². The average molecular weight is 224 g/mol. The number of hydrogen-bond acceptors (Lipinski definition) is 1. The lowest BCUT2D eigenvalue weighted by Gasteiger charge is -2.40. The summed E-state index contributed by atoms with van der Waals surface area (Å²) in [5, 5.41) is 4.44. The van der Waals surface area contributed by atoms with Crippen molar-refractivity contribution in [1.82, 2.24) is 0 Å². The quantitative estimate of drug-likeness (QED) is 0.743. The summed E-state index contributed by atoms with van der Waals surface area (Å²) in [5.41, 5.74) is 2.69. The molecule has 2 heteroatoms. The van der Waals surface area contributed by atoms with Crippen molar-refractivity contribution in [1.29, 1.82) is 0 Å². The van der Waals surface area contributed by atoms with Crippen molar-refractivity contribution in [2.75, 3.05) is 5.32 Å². The van der Waals surface area contributed by atoms with Gasteiger partial charge in [0.25, 0.3) is 0 Å². The SMILES string of the molecule is CCC1(C)CC(C)c2cccc(Cl)c2N1. The Kier molecular flexibility index (Phi) is 2.68. The summed E-state index contributed by atoms with van der Waals surface area (Å²) in [4.78, 5) is 0. The molecule has 2 rings (SSSR count). The molecule has 0 aliphatic carbocycles. The lowest BCUT2D eigenvalue weighted by molar-refractivity contribution is 0.407. The molecule has 1 nitrogen and oxygen atoms in total. The molecule has 0 radical (unpaired) electrons. The molecule has 2 atom stereocenters. The van der Waals surface area contributed by atoms with Crippen molar-refractivity contribution in [3.8, 4) is 0 Å². The van der Waals surface area contributed by atoms with Gasteiger partial charge in [-0.2, -0.15) is 0 Å². The molecule has 0 fully saturated rings. The van der Waals surface area contributed by atoms with Crippen molar-refractivity contribution in [3.63, 3.8) is 0 Å². The fourth-order valence-electron chi connectivity index (χ4n) is 2.45. The van der Waals surface area contributed by atoms with E-state index in [-0.39, 0.29) is 5.54 Å². The standard InChI is InChI=1S/C13H18ClN/c1-4-13(3)8-9(2)10-6-5-7-11(14)12(10)15-13/h5-7,9,15H,4,8H2,1-3H3. The van der Waals surface area contributed by atoms with Gasteiger partial charge in [-0.15, -0.1) is 0 Å². The highest BCUT2D eigenvalue weighted by molar-refractivity contribution is 6.33. The molecule has 2 unspecified atom stereocenters. The third-order valence-corrected chi connectivity index (χ3v) is 3.86. The van der Waals surface area contributed by atoms with Crippen LogP contribution in [0.1, 0.15) is 45.1 Å². The maximum Gasteiger partial charge on any atom is 0.0640 e. The zero-order valence-electron chi connectivity index (χ0n) is 9.60. The number of nitrogens with one attached hydrogen (secondary N) is 1. The van der Waals surface area contributed by atoms with Crippen LogP contribution in [0.3, 0.4) is 0 Å². The fraction of sp³-hybridized carbons (Fsp3) is 0.538. The van der Waals surface area contributed by atoms with E-state index in [1.807, 2.05) is 12.1 Å². The third kappa shape index (κ3) is 1.85. The summed E-state index contributed by atoms with van der Waals surface area (Å²) in [5.74, 6) is 0.588. The van der Waals surface area contributed by atoms with Gasteiger partial charge in [-0.05, 0) is 37.3 Å². The van der Waals surface area contributed by atoms with Crippen LogP contribution in [0.4, 0.5) is 5.69 Å². The largest absolute Gasteiger partial charge is 0.378 e. The first-order chi connectivity index (χ1) is 7.06. The zero-order chi connectivity index (χ0) is 11.1. The third-order valence-electron chi connectivity index (χ3n) is 3.54. The maximum absolute atomic E-state index is 6.23. The van der Waals surface area contributed by atoms with Gasteiger partial charge in [-0.1, -0.05) is 37.6 Å². The molecule has 1 aliphatic rings. The number of para-hydroxylation sites is 1. The molecule has 0 bridgehead atoms. The summed E-state index contributed by atoms with van der Waals surface area (Å²) >= 11 is 6.23. The van der Waals surface area contributed by atoms with E-state index in [1.54, 1.807) is 0 Å². The molecule has 1 N–H and O–H groups in total. The Morgan fingerprint density at radius 1 is 1.53 bits per heavy atom. The van der Waals surface area contributed by atoms with Gasteiger partial charge in [0.1, 0.15) is 0 Å². The molecule has 1 aromatic rings. The highest BCUT2D eigenvalue weighted by Crippen LogP contribution is 2.43. The summed E-state index contributed by atoms with van der Waals surface area (Å²) in [6, 6.07) is 6.17. The number of benzene rings is 1. The van der Waals surface area contributed by atoms with Crippen molar-refractivity contribution in [2.45, 2.75) is 45.1 Å². The maximum atomic E-state index is 6.23. The van der Waals surface area contributed by atoms with E-state index >= 15 is 0 Å². The predicted molar refractivity (Wildman–Crippen MR) is 66.8 cm³/mol. The molecule has 0 saturated carbocycles. The predicted octanol–water partition coefficient (Wildman–Crippen LogP) is 4.43. The van der Waals surface area contributed by atoms with E-state index in [1.165, 1.54) is 12.0 Å². The van der Waals surface area contributed by atoms with Crippen molar-refractivity contribution in [3.05, 3.63) is 28.8 Å². The molecule has 15 heavy (non-hydrogen) atoms. The molecule has 1 aromatic carbocycles. The first kappa shape index (κ1) is 10.8. The zero-order valence-corrected chi connectivity index (χ0v) is 10.4. The van der Waals surface area contributed by atoms with Crippen molar-refractivity contribution < 1.29 is 0 Å². The molecule has 0 saturated heterocycles. The van der Waals surface area contributed by atoms with E-state index in [2.05, 4.69) is 32.2 Å². The van der Waals surface area contributed by atoms with Gasteiger partial charge in [0.15, 0.2) is 0 Å². The van der Waals surface area contributed by atoms with Crippen LogP contribution in [0.15, 0.2) is 18.2 Å². The number of rotatable bonds is 1. The van der Waals surface area contributed by atoms with Crippen LogP contribution >= 0.6 is 11.6 Å². The Hall–Kier alpha value is -0.690. The number of fused-ring (bicyclic) bond motifs is 1. The minimum absolute atomic E-state index is 0.192. The fourth-order valence-corrected chi connectivity index (χ4v) is 2.68. The number of hydrogen-bond donors (Lipinski definition) is 1. The van der Waals surface area contributed by atoms with Crippen LogP contribution in [0, 0.1) is 0 Å². The summed E-state index contributed by atoms with van der Waals surface area (Å²) in [7, 11) is 0. The van der Waals surface area contributed by atoms with E-state index in [9.17, 15) is 0 Å². The van der Waals surface area contributed by atoms with Crippen LogP contribution in [-0.4, -0.2) is 5.54 Å². The molecule has 1 aliphatic heterocycles. The van der Waals surface area contributed by atoms with Gasteiger partial charge in [-0.3, -0.25) is 0 Å². The summed E-state index contributed by atoms with van der Waals surface area (Å²) in [6.45, 7) is 6.78. The normalized spacial score (nSPS) is 29.5. The van der Waals surface area contributed by atoms with Crippen LogP contribution in [0.25, 0.3) is 0 Å². The minimum Gasteiger partial charge on any atom is -0.378 e. The molecule has 0 amide bonds. The van der Waals surface area contributed by atoms with Gasteiger partial charge in [-0.25, -0.2) is 0 Å².